The average Bonchev–Trinajstić information content (AvgIpc) is 3.22. The van der Waals surface area contributed by atoms with E-state index in [0.717, 1.165) is 5.56 Å². The highest BCUT2D eigenvalue weighted by atomic mass is 16.5. The number of nitrogens with zero attached hydrogens (tertiary/aromatic N) is 3. The standard InChI is InChI=1S/C24H31N3O3/c1-17(2)16-29-19(4)24-25-23(30-26-24)15-27(14-21-12-8-9-13-22(21)28)18(3)20-10-6-5-7-11-20/h5-13,17-19,28H,14-16H2,1-4H3/t18-,19-/m1/s1. The van der Waals surface area contributed by atoms with E-state index >= 15 is 0 Å². The Morgan fingerprint density at radius 1 is 0.967 bits per heavy atom. The number of phenols is 1. The number of aromatic nitrogens is 2. The smallest absolute Gasteiger partial charge is 0.240 e. The van der Waals surface area contributed by atoms with Crippen LogP contribution in [-0.4, -0.2) is 26.8 Å². The fourth-order valence-corrected chi connectivity index (χ4v) is 3.22. The predicted octanol–water partition coefficient (Wildman–Crippen LogP) is 5.27. The Hall–Kier alpha value is -2.70. The first-order valence-electron chi connectivity index (χ1n) is 10.4. The van der Waals surface area contributed by atoms with Crippen LogP contribution in [0.4, 0.5) is 0 Å². The normalized spacial score (nSPS) is 13.7. The van der Waals surface area contributed by atoms with Crippen molar-refractivity contribution in [3.8, 4) is 5.75 Å². The van der Waals surface area contributed by atoms with E-state index in [1.165, 1.54) is 5.56 Å². The van der Waals surface area contributed by atoms with Crippen molar-refractivity contribution in [2.45, 2.75) is 52.9 Å². The summed E-state index contributed by atoms with van der Waals surface area (Å²) in [4.78, 5) is 6.77. The van der Waals surface area contributed by atoms with Crippen LogP contribution in [0.3, 0.4) is 0 Å². The van der Waals surface area contributed by atoms with Gasteiger partial charge in [-0.15, -0.1) is 0 Å². The number of ether oxygens (including phenoxy) is 1. The van der Waals surface area contributed by atoms with Crippen LogP contribution in [0.2, 0.25) is 0 Å². The number of para-hydroxylation sites is 1. The molecule has 0 aliphatic carbocycles. The molecule has 0 aliphatic rings. The van der Waals surface area contributed by atoms with Gasteiger partial charge in [0, 0.05) is 24.8 Å². The first kappa shape index (κ1) is 22.0. The number of aromatic hydroxyl groups is 1. The minimum atomic E-state index is -0.219. The summed E-state index contributed by atoms with van der Waals surface area (Å²) in [5, 5.41) is 14.4. The van der Waals surface area contributed by atoms with Gasteiger partial charge >= 0.3 is 0 Å². The van der Waals surface area contributed by atoms with Gasteiger partial charge in [-0.3, -0.25) is 4.90 Å². The largest absolute Gasteiger partial charge is 0.508 e. The Morgan fingerprint density at radius 2 is 1.67 bits per heavy atom. The second-order valence-corrected chi connectivity index (χ2v) is 8.04. The maximum Gasteiger partial charge on any atom is 0.240 e. The molecule has 2 aromatic carbocycles. The molecule has 6 heteroatoms. The molecule has 0 fully saturated rings. The summed E-state index contributed by atoms with van der Waals surface area (Å²) < 4.78 is 11.3. The molecule has 1 heterocycles. The van der Waals surface area contributed by atoms with Crippen molar-refractivity contribution in [3.63, 3.8) is 0 Å². The lowest BCUT2D eigenvalue weighted by molar-refractivity contribution is 0.0402. The molecule has 2 atom stereocenters. The van der Waals surface area contributed by atoms with Gasteiger partial charge in [-0.25, -0.2) is 0 Å². The molecule has 0 aliphatic heterocycles. The van der Waals surface area contributed by atoms with Crippen molar-refractivity contribution in [2.24, 2.45) is 5.92 Å². The number of benzene rings is 2. The van der Waals surface area contributed by atoms with Gasteiger partial charge in [0.05, 0.1) is 6.54 Å². The monoisotopic (exact) mass is 409 g/mol. The Labute approximate surface area is 178 Å². The Balaban J connectivity index is 1.78. The molecule has 0 saturated heterocycles. The van der Waals surface area contributed by atoms with Crippen LogP contribution in [0.15, 0.2) is 59.1 Å². The lowest BCUT2D eigenvalue weighted by Gasteiger charge is -2.28. The summed E-state index contributed by atoms with van der Waals surface area (Å²) in [6.45, 7) is 9.96. The van der Waals surface area contributed by atoms with Crippen LogP contribution in [0.1, 0.15) is 62.7 Å². The summed E-state index contributed by atoms with van der Waals surface area (Å²) in [5.74, 6) is 1.81. The van der Waals surface area contributed by atoms with Crippen LogP contribution < -0.4 is 0 Å². The summed E-state index contributed by atoms with van der Waals surface area (Å²) >= 11 is 0. The first-order valence-corrected chi connectivity index (χ1v) is 10.4. The van der Waals surface area contributed by atoms with Gasteiger partial charge in [0.2, 0.25) is 5.89 Å². The maximum atomic E-state index is 10.3. The molecule has 1 N–H and O–H groups in total. The Kier molecular flexibility index (Phi) is 7.60. The van der Waals surface area contributed by atoms with Crippen molar-refractivity contribution in [1.29, 1.82) is 0 Å². The van der Waals surface area contributed by atoms with Crippen LogP contribution in [0, 0.1) is 5.92 Å². The molecule has 0 saturated carbocycles. The van der Waals surface area contributed by atoms with Gasteiger partial charge in [-0.1, -0.05) is 67.5 Å². The number of rotatable bonds is 10. The SMILES string of the molecule is CC(C)CO[C@H](C)c1noc(CN(Cc2ccccc2O)[C@H](C)c2ccccc2)n1. The molecule has 6 nitrogen and oxygen atoms in total. The van der Waals surface area contributed by atoms with E-state index in [9.17, 15) is 5.11 Å². The summed E-state index contributed by atoms with van der Waals surface area (Å²) in [7, 11) is 0. The molecule has 0 spiro atoms. The topological polar surface area (TPSA) is 71.6 Å². The fraction of sp³-hybridized carbons (Fsp3) is 0.417. The molecule has 3 aromatic rings. The molecular weight excluding hydrogens is 378 g/mol. The summed E-state index contributed by atoms with van der Waals surface area (Å²) in [6, 6.07) is 17.8. The third-order valence-corrected chi connectivity index (χ3v) is 5.06. The van der Waals surface area contributed by atoms with Crippen LogP contribution in [-0.2, 0) is 17.8 Å². The van der Waals surface area contributed by atoms with E-state index in [-0.39, 0.29) is 17.9 Å². The highest BCUT2D eigenvalue weighted by Gasteiger charge is 2.22. The lowest BCUT2D eigenvalue weighted by Crippen LogP contribution is -2.26. The number of hydrogen-bond acceptors (Lipinski definition) is 6. The van der Waals surface area contributed by atoms with Crippen molar-refractivity contribution in [1.82, 2.24) is 15.0 Å². The lowest BCUT2D eigenvalue weighted by atomic mass is 10.1. The average molecular weight is 410 g/mol. The van der Waals surface area contributed by atoms with E-state index < -0.39 is 0 Å². The second-order valence-electron chi connectivity index (χ2n) is 8.04. The molecular formula is C24H31N3O3. The minimum Gasteiger partial charge on any atom is -0.508 e. The van der Waals surface area contributed by atoms with E-state index in [4.69, 9.17) is 9.26 Å². The van der Waals surface area contributed by atoms with Crippen molar-refractivity contribution < 1.29 is 14.4 Å². The van der Waals surface area contributed by atoms with Crippen molar-refractivity contribution >= 4 is 0 Å². The molecule has 160 valence electrons. The maximum absolute atomic E-state index is 10.3. The molecule has 0 unspecified atom stereocenters. The Bertz CT molecular complexity index is 911. The molecule has 1 aromatic heterocycles. The molecule has 30 heavy (non-hydrogen) atoms. The predicted molar refractivity (Wildman–Crippen MR) is 116 cm³/mol. The van der Waals surface area contributed by atoms with Crippen molar-refractivity contribution in [3.05, 3.63) is 77.4 Å². The highest BCUT2D eigenvalue weighted by Crippen LogP contribution is 2.27. The second kappa shape index (κ2) is 10.4. The van der Waals surface area contributed by atoms with Gasteiger partial charge in [0.15, 0.2) is 5.82 Å². The minimum absolute atomic E-state index is 0.0933. The summed E-state index contributed by atoms with van der Waals surface area (Å²) in [5.41, 5.74) is 2.04. The van der Waals surface area contributed by atoms with E-state index in [2.05, 4.69) is 47.9 Å². The third kappa shape index (κ3) is 5.90. The van der Waals surface area contributed by atoms with Crippen LogP contribution >= 0.6 is 0 Å². The zero-order chi connectivity index (χ0) is 21.5. The first-order chi connectivity index (χ1) is 14.4. The van der Waals surface area contributed by atoms with Gasteiger partial charge in [-0.2, -0.15) is 4.98 Å². The van der Waals surface area contributed by atoms with Gasteiger partial charge in [0.1, 0.15) is 11.9 Å². The quantitative estimate of drug-likeness (QED) is 0.492. The van der Waals surface area contributed by atoms with Crippen LogP contribution in [0.25, 0.3) is 0 Å². The Morgan fingerprint density at radius 3 is 2.37 bits per heavy atom. The zero-order valence-corrected chi connectivity index (χ0v) is 18.2. The van der Waals surface area contributed by atoms with Gasteiger partial charge < -0.3 is 14.4 Å². The van der Waals surface area contributed by atoms with Gasteiger partial charge in [0.25, 0.3) is 0 Å². The third-order valence-electron chi connectivity index (χ3n) is 5.06. The molecule has 3 rings (SSSR count). The highest BCUT2D eigenvalue weighted by molar-refractivity contribution is 5.32. The van der Waals surface area contributed by atoms with E-state index in [1.54, 1.807) is 6.07 Å². The zero-order valence-electron chi connectivity index (χ0n) is 18.2. The molecule has 0 radical (unpaired) electrons. The van der Waals surface area contributed by atoms with E-state index in [1.807, 2.05) is 43.3 Å². The van der Waals surface area contributed by atoms with Gasteiger partial charge in [-0.05, 0) is 31.4 Å². The number of hydrogen-bond donors (Lipinski definition) is 1. The van der Waals surface area contributed by atoms with Crippen LogP contribution in [0.5, 0.6) is 5.75 Å². The molecule has 0 bridgehead atoms. The summed E-state index contributed by atoms with van der Waals surface area (Å²) in [6.07, 6.45) is -0.219. The van der Waals surface area contributed by atoms with E-state index in [0.29, 0.717) is 37.3 Å². The number of phenolic OH excluding ortho intramolecular Hbond substituents is 1. The molecule has 0 amide bonds. The fourth-order valence-electron chi connectivity index (χ4n) is 3.22. The van der Waals surface area contributed by atoms with Crippen molar-refractivity contribution in [2.75, 3.05) is 6.61 Å².